The fraction of sp³-hybridized carbons (Fsp3) is 0.130. The van der Waals surface area contributed by atoms with Gasteiger partial charge in [-0.25, -0.2) is 9.97 Å². The lowest BCUT2D eigenvalue weighted by atomic mass is 9.93. The first-order valence-corrected chi connectivity index (χ1v) is 9.00. The van der Waals surface area contributed by atoms with Crippen molar-refractivity contribution in [3.63, 3.8) is 0 Å². The summed E-state index contributed by atoms with van der Waals surface area (Å²) in [4.78, 5) is 9.83. The van der Waals surface area contributed by atoms with E-state index in [1.54, 1.807) is 14.2 Å². The first-order valence-electron chi connectivity index (χ1n) is 9.00. The number of aromatic nitrogens is 2. The molecule has 1 aliphatic rings. The minimum atomic E-state index is -1.20. The summed E-state index contributed by atoms with van der Waals surface area (Å²) in [7, 11) is 3.26. The Labute approximate surface area is 162 Å². The van der Waals surface area contributed by atoms with Gasteiger partial charge in [-0.3, -0.25) is 0 Å². The maximum atomic E-state index is 6.44. The van der Waals surface area contributed by atoms with E-state index in [0.29, 0.717) is 11.4 Å². The fourth-order valence-corrected chi connectivity index (χ4v) is 3.63. The van der Waals surface area contributed by atoms with Gasteiger partial charge in [0.15, 0.2) is 0 Å². The van der Waals surface area contributed by atoms with Crippen LogP contribution in [0.4, 0.5) is 0 Å². The van der Waals surface area contributed by atoms with E-state index < -0.39 is 5.79 Å². The second-order valence-corrected chi connectivity index (χ2v) is 6.56. The van der Waals surface area contributed by atoms with Crippen LogP contribution >= 0.6 is 0 Å². The Bertz CT molecular complexity index is 1170. The van der Waals surface area contributed by atoms with E-state index in [0.717, 1.165) is 33.6 Å². The van der Waals surface area contributed by atoms with E-state index in [1.165, 1.54) is 0 Å². The van der Waals surface area contributed by atoms with Crippen molar-refractivity contribution in [1.82, 2.24) is 9.97 Å². The SMILES string of the molecule is COc1ccc([C@@]2(OC)Oc3ccccc3-c3nc4ccccc4nc32)cc1. The second kappa shape index (κ2) is 6.32. The van der Waals surface area contributed by atoms with Crippen molar-refractivity contribution in [2.75, 3.05) is 14.2 Å². The van der Waals surface area contributed by atoms with Gasteiger partial charge < -0.3 is 14.2 Å². The Morgan fingerprint density at radius 2 is 1.46 bits per heavy atom. The number of methoxy groups -OCH3 is 2. The molecule has 5 rings (SSSR count). The summed E-state index contributed by atoms with van der Waals surface area (Å²) < 4.78 is 17.7. The van der Waals surface area contributed by atoms with Crippen molar-refractivity contribution >= 4 is 11.0 Å². The van der Waals surface area contributed by atoms with Gasteiger partial charge in [0, 0.05) is 18.2 Å². The third-order valence-corrected chi connectivity index (χ3v) is 5.04. The molecule has 0 N–H and O–H groups in total. The van der Waals surface area contributed by atoms with E-state index in [9.17, 15) is 0 Å². The van der Waals surface area contributed by atoms with Crippen LogP contribution in [0.5, 0.6) is 11.5 Å². The number of ether oxygens (including phenoxy) is 3. The summed E-state index contributed by atoms with van der Waals surface area (Å²) in [6.45, 7) is 0. The Balaban J connectivity index is 1.83. The molecular weight excluding hydrogens is 352 g/mol. The first kappa shape index (κ1) is 16.7. The molecule has 0 bridgehead atoms. The summed E-state index contributed by atoms with van der Waals surface area (Å²) in [6.07, 6.45) is 0. The number of hydrogen-bond acceptors (Lipinski definition) is 5. The van der Waals surface area contributed by atoms with E-state index in [1.807, 2.05) is 72.8 Å². The summed E-state index contributed by atoms with van der Waals surface area (Å²) >= 11 is 0. The van der Waals surface area contributed by atoms with Gasteiger partial charge in [0.25, 0.3) is 5.79 Å². The highest BCUT2D eigenvalue weighted by Crippen LogP contribution is 2.47. The number of rotatable bonds is 3. The number of fused-ring (bicyclic) bond motifs is 4. The molecule has 0 saturated heterocycles. The molecule has 0 aliphatic carbocycles. The molecule has 5 nitrogen and oxygen atoms in total. The average Bonchev–Trinajstić information content (AvgIpc) is 2.77. The number of hydrogen-bond donors (Lipinski definition) is 0. The highest BCUT2D eigenvalue weighted by molar-refractivity contribution is 5.81. The molecule has 3 aromatic carbocycles. The van der Waals surface area contributed by atoms with Crippen LogP contribution in [0.2, 0.25) is 0 Å². The molecule has 1 aliphatic heterocycles. The predicted octanol–water partition coefficient (Wildman–Crippen LogP) is 4.55. The predicted molar refractivity (Wildman–Crippen MR) is 106 cm³/mol. The van der Waals surface area contributed by atoms with Crippen molar-refractivity contribution in [2.45, 2.75) is 5.79 Å². The third-order valence-electron chi connectivity index (χ3n) is 5.04. The summed E-state index contributed by atoms with van der Waals surface area (Å²) in [6, 6.07) is 23.3. The summed E-state index contributed by atoms with van der Waals surface area (Å²) in [5.74, 6) is 0.265. The molecule has 1 atom stereocenters. The molecule has 0 radical (unpaired) electrons. The minimum Gasteiger partial charge on any atom is -0.497 e. The topological polar surface area (TPSA) is 53.5 Å². The van der Waals surface area contributed by atoms with E-state index in [4.69, 9.17) is 24.2 Å². The van der Waals surface area contributed by atoms with E-state index in [-0.39, 0.29) is 0 Å². The Hall–Kier alpha value is -3.44. The Morgan fingerprint density at radius 1 is 0.786 bits per heavy atom. The van der Waals surface area contributed by atoms with Gasteiger partial charge in [-0.15, -0.1) is 0 Å². The van der Waals surface area contributed by atoms with Gasteiger partial charge in [-0.05, 0) is 48.5 Å². The minimum absolute atomic E-state index is 0.637. The van der Waals surface area contributed by atoms with Crippen molar-refractivity contribution in [2.24, 2.45) is 0 Å². The Kier molecular flexibility index (Phi) is 3.77. The maximum absolute atomic E-state index is 6.44. The van der Waals surface area contributed by atoms with Gasteiger partial charge in [-0.2, -0.15) is 0 Å². The zero-order valence-corrected chi connectivity index (χ0v) is 15.5. The average molecular weight is 370 g/mol. The monoisotopic (exact) mass is 370 g/mol. The molecule has 4 aromatic rings. The number of nitrogens with zero attached hydrogens (tertiary/aromatic N) is 2. The van der Waals surface area contributed by atoms with Crippen LogP contribution in [-0.2, 0) is 10.5 Å². The first-order chi connectivity index (χ1) is 13.7. The molecule has 0 spiro atoms. The third kappa shape index (κ3) is 2.37. The van der Waals surface area contributed by atoms with Gasteiger partial charge in [0.1, 0.15) is 22.9 Å². The Morgan fingerprint density at radius 3 is 2.18 bits per heavy atom. The van der Waals surface area contributed by atoms with E-state index in [2.05, 4.69) is 0 Å². The van der Waals surface area contributed by atoms with Crippen LogP contribution in [-0.4, -0.2) is 24.2 Å². The summed E-state index contributed by atoms with van der Waals surface area (Å²) in [5.41, 5.74) is 4.74. The van der Waals surface area contributed by atoms with Crippen LogP contribution in [0.15, 0.2) is 72.8 Å². The van der Waals surface area contributed by atoms with Crippen LogP contribution in [0.25, 0.3) is 22.3 Å². The van der Waals surface area contributed by atoms with Crippen molar-refractivity contribution < 1.29 is 14.2 Å². The van der Waals surface area contributed by atoms with Crippen molar-refractivity contribution in [1.29, 1.82) is 0 Å². The van der Waals surface area contributed by atoms with Crippen LogP contribution in [0.1, 0.15) is 11.3 Å². The molecule has 0 amide bonds. The molecule has 2 heterocycles. The maximum Gasteiger partial charge on any atom is 0.283 e. The molecule has 0 unspecified atom stereocenters. The largest absolute Gasteiger partial charge is 0.497 e. The van der Waals surface area contributed by atoms with E-state index >= 15 is 0 Å². The lowest BCUT2D eigenvalue weighted by Crippen LogP contribution is -2.40. The highest BCUT2D eigenvalue weighted by Gasteiger charge is 2.46. The second-order valence-electron chi connectivity index (χ2n) is 6.56. The van der Waals surface area contributed by atoms with Crippen LogP contribution < -0.4 is 9.47 Å². The van der Waals surface area contributed by atoms with Gasteiger partial charge in [0.05, 0.1) is 18.1 Å². The molecule has 138 valence electrons. The van der Waals surface area contributed by atoms with Gasteiger partial charge in [-0.1, -0.05) is 24.3 Å². The molecular formula is C23H18N2O3. The summed E-state index contributed by atoms with van der Waals surface area (Å²) in [5, 5.41) is 0. The quantitative estimate of drug-likeness (QED) is 0.530. The zero-order chi connectivity index (χ0) is 19.1. The van der Waals surface area contributed by atoms with Gasteiger partial charge in [0.2, 0.25) is 0 Å². The lowest BCUT2D eigenvalue weighted by molar-refractivity contribution is -0.142. The van der Waals surface area contributed by atoms with Crippen molar-refractivity contribution in [3.05, 3.63) is 84.1 Å². The lowest BCUT2D eigenvalue weighted by Gasteiger charge is -2.37. The fourth-order valence-electron chi connectivity index (χ4n) is 3.63. The van der Waals surface area contributed by atoms with Crippen LogP contribution in [0, 0.1) is 0 Å². The van der Waals surface area contributed by atoms with Gasteiger partial charge >= 0.3 is 0 Å². The molecule has 1 aromatic heterocycles. The molecule has 28 heavy (non-hydrogen) atoms. The normalized spacial score (nSPS) is 17.5. The van der Waals surface area contributed by atoms with Crippen LogP contribution in [0.3, 0.4) is 0 Å². The molecule has 5 heteroatoms. The standard InChI is InChI=1S/C23H18N2O3/c1-26-16-13-11-15(12-14-16)23(27-2)22-21(17-7-3-6-10-20(17)28-23)24-18-8-4-5-9-19(18)25-22/h3-14H,1-2H3/t23-/m1/s1. The number of benzene rings is 3. The van der Waals surface area contributed by atoms with Crippen molar-refractivity contribution in [3.8, 4) is 22.8 Å². The molecule has 0 saturated carbocycles. The smallest absolute Gasteiger partial charge is 0.283 e. The number of para-hydroxylation sites is 3. The zero-order valence-electron chi connectivity index (χ0n) is 15.5. The molecule has 0 fully saturated rings. The highest BCUT2D eigenvalue weighted by atomic mass is 16.7.